The minimum absolute atomic E-state index is 0.0579. The van der Waals surface area contributed by atoms with E-state index < -0.39 is 22.8 Å². The molecule has 0 heterocycles. The van der Waals surface area contributed by atoms with Crippen molar-refractivity contribution in [1.82, 2.24) is 0 Å². The van der Waals surface area contributed by atoms with Crippen LogP contribution < -0.4 is 14.8 Å². The van der Waals surface area contributed by atoms with Crippen LogP contribution in [-0.2, 0) is 4.79 Å². The summed E-state index contributed by atoms with van der Waals surface area (Å²) in [5, 5.41) is 13.2. The number of amides is 1. The standard InChI is InChI=1S/C16H14ClFN2O5/c1-9(25-14-6-4-3-5-11(14)18)16(21)19-12-7-10(17)13(20(22)23)8-15(12)24-2/h3-9H,1-2H3,(H,19,21). The third-order valence-corrected chi connectivity index (χ3v) is 3.54. The molecular weight excluding hydrogens is 355 g/mol. The molecule has 132 valence electrons. The summed E-state index contributed by atoms with van der Waals surface area (Å²) in [4.78, 5) is 22.5. The van der Waals surface area contributed by atoms with Crippen molar-refractivity contribution < 1.29 is 23.6 Å². The Bertz CT molecular complexity index is 815. The van der Waals surface area contributed by atoms with Crippen LogP contribution in [0.3, 0.4) is 0 Å². The van der Waals surface area contributed by atoms with Crippen molar-refractivity contribution >= 4 is 28.9 Å². The van der Waals surface area contributed by atoms with Gasteiger partial charge >= 0.3 is 0 Å². The number of hydrogen-bond acceptors (Lipinski definition) is 5. The summed E-state index contributed by atoms with van der Waals surface area (Å²) in [6.07, 6.45) is -1.03. The Morgan fingerprint density at radius 2 is 2.00 bits per heavy atom. The largest absolute Gasteiger partial charge is 0.494 e. The number of benzene rings is 2. The predicted octanol–water partition coefficient (Wildman–Crippen LogP) is 3.80. The van der Waals surface area contributed by atoms with Crippen molar-refractivity contribution in [3.8, 4) is 11.5 Å². The second kappa shape index (κ2) is 7.80. The summed E-state index contributed by atoms with van der Waals surface area (Å²) in [6.45, 7) is 1.43. The average molecular weight is 369 g/mol. The molecule has 0 radical (unpaired) electrons. The molecule has 0 saturated heterocycles. The molecule has 2 rings (SSSR count). The van der Waals surface area contributed by atoms with Gasteiger partial charge in [-0.05, 0) is 25.1 Å². The van der Waals surface area contributed by atoms with Gasteiger partial charge in [-0.2, -0.15) is 0 Å². The zero-order valence-corrected chi connectivity index (χ0v) is 14.0. The Balaban J connectivity index is 2.18. The first-order valence-electron chi connectivity index (χ1n) is 7.07. The van der Waals surface area contributed by atoms with Gasteiger partial charge in [-0.25, -0.2) is 4.39 Å². The van der Waals surface area contributed by atoms with Crippen LogP contribution in [0.2, 0.25) is 5.02 Å². The molecule has 25 heavy (non-hydrogen) atoms. The van der Waals surface area contributed by atoms with Crippen molar-refractivity contribution in [2.75, 3.05) is 12.4 Å². The van der Waals surface area contributed by atoms with Gasteiger partial charge in [0, 0.05) is 0 Å². The minimum atomic E-state index is -1.03. The van der Waals surface area contributed by atoms with Crippen molar-refractivity contribution in [3.63, 3.8) is 0 Å². The number of nitro groups is 1. The number of carbonyl (C=O) groups excluding carboxylic acids is 1. The normalized spacial score (nSPS) is 11.5. The molecule has 0 aliphatic heterocycles. The van der Waals surface area contributed by atoms with E-state index in [2.05, 4.69) is 5.32 Å². The number of rotatable bonds is 6. The maximum atomic E-state index is 13.6. The van der Waals surface area contributed by atoms with Gasteiger partial charge in [-0.1, -0.05) is 23.7 Å². The van der Waals surface area contributed by atoms with Crippen LogP contribution in [0.4, 0.5) is 15.8 Å². The fraction of sp³-hybridized carbons (Fsp3) is 0.188. The summed E-state index contributed by atoms with van der Waals surface area (Å²) in [6, 6.07) is 7.97. The van der Waals surface area contributed by atoms with Crippen LogP contribution >= 0.6 is 11.6 Å². The summed E-state index contributed by atoms with van der Waals surface area (Å²) in [7, 11) is 1.29. The lowest BCUT2D eigenvalue weighted by molar-refractivity contribution is -0.384. The Labute approximate surface area is 147 Å². The van der Waals surface area contributed by atoms with E-state index in [1.54, 1.807) is 6.07 Å². The van der Waals surface area contributed by atoms with Crippen LogP contribution in [0.5, 0.6) is 11.5 Å². The van der Waals surface area contributed by atoms with Crippen molar-refractivity contribution in [3.05, 3.63) is 57.4 Å². The third kappa shape index (κ3) is 4.36. The Morgan fingerprint density at radius 3 is 2.60 bits per heavy atom. The fourth-order valence-corrected chi connectivity index (χ4v) is 2.20. The molecule has 0 bridgehead atoms. The maximum absolute atomic E-state index is 13.6. The van der Waals surface area contributed by atoms with E-state index >= 15 is 0 Å². The number of nitrogens with zero attached hydrogens (tertiary/aromatic N) is 1. The van der Waals surface area contributed by atoms with E-state index in [4.69, 9.17) is 21.1 Å². The Kier molecular flexibility index (Phi) is 5.76. The van der Waals surface area contributed by atoms with Gasteiger partial charge in [0.15, 0.2) is 17.7 Å². The van der Waals surface area contributed by atoms with Crippen molar-refractivity contribution in [1.29, 1.82) is 0 Å². The average Bonchev–Trinajstić information content (AvgIpc) is 2.56. The summed E-state index contributed by atoms with van der Waals surface area (Å²) in [5.74, 6) is -1.22. The lowest BCUT2D eigenvalue weighted by Crippen LogP contribution is -2.30. The molecule has 1 N–H and O–H groups in total. The fourth-order valence-electron chi connectivity index (χ4n) is 1.97. The van der Waals surface area contributed by atoms with Gasteiger partial charge in [0.2, 0.25) is 0 Å². The minimum Gasteiger partial charge on any atom is -0.494 e. The third-order valence-electron chi connectivity index (χ3n) is 3.23. The molecule has 1 atom stereocenters. The number of nitro benzene ring substituents is 1. The molecule has 0 aromatic heterocycles. The molecular formula is C16H14ClFN2O5. The molecule has 0 saturated carbocycles. The second-order valence-corrected chi connectivity index (χ2v) is 5.35. The molecule has 1 unspecified atom stereocenters. The number of methoxy groups -OCH3 is 1. The van der Waals surface area contributed by atoms with Gasteiger partial charge in [0.1, 0.15) is 10.8 Å². The van der Waals surface area contributed by atoms with Crippen LogP contribution in [0.1, 0.15) is 6.92 Å². The molecule has 0 spiro atoms. The van der Waals surface area contributed by atoms with E-state index in [0.717, 1.165) is 6.07 Å². The molecule has 0 fully saturated rings. The zero-order chi connectivity index (χ0) is 18.6. The molecule has 9 heteroatoms. The van der Waals surface area contributed by atoms with E-state index in [9.17, 15) is 19.3 Å². The number of anilines is 1. The van der Waals surface area contributed by atoms with E-state index in [-0.39, 0.29) is 27.9 Å². The number of nitrogens with one attached hydrogen (secondary N) is 1. The highest BCUT2D eigenvalue weighted by Gasteiger charge is 2.22. The Hall–Kier alpha value is -2.87. The number of ether oxygens (including phenoxy) is 2. The van der Waals surface area contributed by atoms with Crippen LogP contribution in [0.15, 0.2) is 36.4 Å². The lowest BCUT2D eigenvalue weighted by Gasteiger charge is -2.16. The van der Waals surface area contributed by atoms with Gasteiger partial charge in [0.05, 0.1) is 23.8 Å². The number of carbonyl (C=O) groups is 1. The van der Waals surface area contributed by atoms with Gasteiger partial charge in [-0.3, -0.25) is 14.9 Å². The lowest BCUT2D eigenvalue weighted by atomic mass is 10.2. The first-order chi connectivity index (χ1) is 11.8. The van der Waals surface area contributed by atoms with E-state index in [1.165, 1.54) is 38.3 Å². The molecule has 0 aliphatic carbocycles. The maximum Gasteiger partial charge on any atom is 0.291 e. The van der Waals surface area contributed by atoms with Crippen molar-refractivity contribution in [2.45, 2.75) is 13.0 Å². The first-order valence-corrected chi connectivity index (χ1v) is 7.45. The SMILES string of the molecule is COc1cc([N+](=O)[O-])c(Cl)cc1NC(=O)C(C)Oc1ccccc1F. The Morgan fingerprint density at radius 1 is 1.32 bits per heavy atom. The molecule has 2 aromatic carbocycles. The molecule has 0 aliphatic rings. The monoisotopic (exact) mass is 368 g/mol. The smallest absolute Gasteiger partial charge is 0.291 e. The number of hydrogen-bond donors (Lipinski definition) is 1. The highest BCUT2D eigenvalue weighted by Crippen LogP contribution is 2.35. The van der Waals surface area contributed by atoms with E-state index in [1.807, 2.05) is 0 Å². The first kappa shape index (κ1) is 18.5. The molecule has 1 amide bonds. The molecule has 2 aromatic rings. The predicted molar refractivity (Wildman–Crippen MR) is 89.8 cm³/mol. The van der Waals surface area contributed by atoms with E-state index in [0.29, 0.717) is 0 Å². The summed E-state index contributed by atoms with van der Waals surface area (Å²) in [5.41, 5.74) is -0.223. The van der Waals surface area contributed by atoms with Gasteiger partial charge < -0.3 is 14.8 Å². The molecule has 7 nitrogen and oxygen atoms in total. The van der Waals surface area contributed by atoms with Crippen LogP contribution in [0, 0.1) is 15.9 Å². The van der Waals surface area contributed by atoms with Gasteiger partial charge in [-0.15, -0.1) is 0 Å². The number of para-hydroxylation sites is 1. The highest BCUT2D eigenvalue weighted by atomic mass is 35.5. The van der Waals surface area contributed by atoms with Gasteiger partial charge in [0.25, 0.3) is 11.6 Å². The van der Waals surface area contributed by atoms with Crippen LogP contribution in [-0.4, -0.2) is 24.0 Å². The van der Waals surface area contributed by atoms with Crippen LogP contribution in [0.25, 0.3) is 0 Å². The number of halogens is 2. The summed E-state index contributed by atoms with van der Waals surface area (Å²) >= 11 is 5.84. The quantitative estimate of drug-likeness (QED) is 0.618. The zero-order valence-electron chi connectivity index (χ0n) is 13.3. The highest BCUT2D eigenvalue weighted by molar-refractivity contribution is 6.33. The second-order valence-electron chi connectivity index (χ2n) is 4.94. The topological polar surface area (TPSA) is 90.7 Å². The summed E-state index contributed by atoms with van der Waals surface area (Å²) < 4.78 is 23.9. The van der Waals surface area contributed by atoms with Crippen molar-refractivity contribution in [2.24, 2.45) is 0 Å².